The van der Waals surface area contributed by atoms with Crippen LogP contribution < -0.4 is 5.32 Å². The third kappa shape index (κ3) is 3.71. The number of carboxylic acid groups (broad SMARTS) is 1. The molecule has 1 amide bonds. The van der Waals surface area contributed by atoms with Crippen molar-refractivity contribution in [2.24, 2.45) is 0 Å². The number of hydrogen-bond donors (Lipinski definition) is 2. The molecule has 0 spiro atoms. The predicted octanol–water partition coefficient (Wildman–Crippen LogP) is 1.38. The first-order chi connectivity index (χ1) is 7.42. The van der Waals surface area contributed by atoms with E-state index in [4.69, 9.17) is 16.7 Å². The average molecular weight is 264 g/mol. The first-order valence-electron chi connectivity index (χ1n) is 4.37. The Balaban J connectivity index is 2.71. The minimum absolute atomic E-state index is 0.129. The summed E-state index contributed by atoms with van der Waals surface area (Å²) in [6.45, 7) is -0.139. The van der Waals surface area contributed by atoms with Gasteiger partial charge in [0.05, 0.1) is 10.6 Å². The van der Waals surface area contributed by atoms with E-state index in [0.29, 0.717) is 5.02 Å². The van der Waals surface area contributed by atoms with Crippen LogP contribution in [0.3, 0.4) is 0 Å². The molecule has 7 heteroatoms. The largest absolute Gasteiger partial charge is 0.465 e. The summed E-state index contributed by atoms with van der Waals surface area (Å²) in [5, 5.41) is 10.7. The Morgan fingerprint density at radius 1 is 1.31 bits per heavy atom. The fourth-order valence-electron chi connectivity index (χ4n) is 1.05. The minimum atomic E-state index is -3.46. The van der Waals surface area contributed by atoms with Gasteiger partial charge in [-0.15, -0.1) is 0 Å². The van der Waals surface area contributed by atoms with Gasteiger partial charge >= 0.3 is 6.09 Å². The lowest BCUT2D eigenvalue weighted by Gasteiger charge is -2.04. The third-order valence-electron chi connectivity index (χ3n) is 1.82. The van der Waals surface area contributed by atoms with Crippen molar-refractivity contribution in [2.45, 2.75) is 4.90 Å². The van der Waals surface area contributed by atoms with Crippen molar-refractivity contribution in [1.29, 1.82) is 0 Å². The zero-order chi connectivity index (χ0) is 12.2. The van der Waals surface area contributed by atoms with Gasteiger partial charge in [0.15, 0.2) is 9.84 Å². The summed E-state index contributed by atoms with van der Waals surface area (Å²) in [5.74, 6) is -0.277. The number of benzene rings is 1. The maximum absolute atomic E-state index is 11.6. The summed E-state index contributed by atoms with van der Waals surface area (Å²) >= 11 is 5.62. The molecule has 16 heavy (non-hydrogen) atoms. The van der Waals surface area contributed by atoms with E-state index in [0.717, 1.165) is 0 Å². The highest BCUT2D eigenvalue weighted by Gasteiger charge is 2.14. The summed E-state index contributed by atoms with van der Waals surface area (Å²) in [4.78, 5) is 10.3. The molecule has 0 heterocycles. The van der Waals surface area contributed by atoms with Crippen molar-refractivity contribution in [2.75, 3.05) is 12.3 Å². The van der Waals surface area contributed by atoms with Crippen LogP contribution >= 0.6 is 11.6 Å². The zero-order valence-electron chi connectivity index (χ0n) is 8.18. The van der Waals surface area contributed by atoms with Crippen molar-refractivity contribution < 1.29 is 18.3 Å². The van der Waals surface area contributed by atoms with Crippen molar-refractivity contribution in [3.05, 3.63) is 29.3 Å². The van der Waals surface area contributed by atoms with Gasteiger partial charge in [0.2, 0.25) is 0 Å². The van der Waals surface area contributed by atoms with Crippen LogP contribution in [0, 0.1) is 0 Å². The van der Waals surface area contributed by atoms with Gasteiger partial charge in [-0.3, -0.25) is 0 Å². The molecule has 0 aliphatic heterocycles. The molecule has 1 rings (SSSR count). The fraction of sp³-hybridized carbons (Fsp3) is 0.222. The van der Waals surface area contributed by atoms with E-state index in [1.165, 1.54) is 24.3 Å². The molecule has 0 atom stereocenters. The lowest BCUT2D eigenvalue weighted by Crippen LogP contribution is -2.27. The summed E-state index contributed by atoms with van der Waals surface area (Å²) in [7, 11) is -3.46. The van der Waals surface area contributed by atoms with Gasteiger partial charge < -0.3 is 10.4 Å². The summed E-state index contributed by atoms with van der Waals surface area (Å²) in [6, 6.07) is 5.72. The fourth-order valence-corrected chi connectivity index (χ4v) is 2.34. The second kappa shape index (κ2) is 5.18. The summed E-state index contributed by atoms with van der Waals surface area (Å²) < 4.78 is 23.3. The molecule has 0 fully saturated rings. The number of nitrogens with one attached hydrogen (secondary N) is 1. The van der Waals surface area contributed by atoms with Crippen LogP contribution in [0.2, 0.25) is 5.02 Å². The van der Waals surface area contributed by atoms with E-state index < -0.39 is 15.9 Å². The molecule has 0 aliphatic carbocycles. The number of halogens is 1. The van der Waals surface area contributed by atoms with Crippen LogP contribution in [0.1, 0.15) is 0 Å². The highest BCUT2D eigenvalue weighted by Crippen LogP contribution is 2.14. The van der Waals surface area contributed by atoms with E-state index >= 15 is 0 Å². The van der Waals surface area contributed by atoms with Gasteiger partial charge in [-0.05, 0) is 24.3 Å². The summed E-state index contributed by atoms with van der Waals surface area (Å²) in [5.41, 5.74) is 0. The molecule has 0 unspecified atom stereocenters. The molecule has 0 aliphatic rings. The Hall–Kier alpha value is -1.27. The highest BCUT2D eigenvalue weighted by molar-refractivity contribution is 7.91. The molecular weight excluding hydrogens is 254 g/mol. The van der Waals surface area contributed by atoms with Crippen molar-refractivity contribution >= 4 is 27.5 Å². The van der Waals surface area contributed by atoms with Crippen LogP contribution in [0.15, 0.2) is 29.2 Å². The standard InChI is InChI=1S/C9H10ClNO4S/c10-7-1-3-8(4-2-7)16(14,15)6-5-11-9(12)13/h1-4,11H,5-6H2,(H,12,13). The molecule has 0 bridgehead atoms. The van der Waals surface area contributed by atoms with E-state index in [2.05, 4.69) is 0 Å². The Morgan fingerprint density at radius 2 is 1.88 bits per heavy atom. The molecule has 0 aromatic heterocycles. The second-order valence-electron chi connectivity index (χ2n) is 3.00. The topological polar surface area (TPSA) is 83.5 Å². The smallest absolute Gasteiger partial charge is 0.404 e. The monoisotopic (exact) mass is 263 g/mol. The molecule has 88 valence electrons. The van der Waals surface area contributed by atoms with Gasteiger partial charge in [0.25, 0.3) is 0 Å². The van der Waals surface area contributed by atoms with Gasteiger partial charge in [0, 0.05) is 11.6 Å². The van der Waals surface area contributed by atoms with E-state index in [1.54, 1.807) is 0 Å². The molecule has 0 radical (unpaired) electrons. The summed E-state index contributed by atoms with van der Waals surface area (Å²) in [6.07, 6.45) is -1.24. The van der Waals surface area contributed by atoms with E-state index in [9.17, 15) is 13.2 Å². The SMILES string of the molecule is O=C(O)NCCS(=O)(=O)c1ccc(Cl)cc1. The maximum atomic E-state index is 11.6. The van der Waals surface area contributed by atoms with Crippen molar-refractivity contribution in [3.8, 4) is 0 Å². The molecule has 5 nitrogen and oxygen atoms in total. The first-order valence-corrected chi connectivity index (χ1v) is 6.40. The molecule has 1 aromatic carbocycles. The van der Waals surface area contributed by atoms with E-state index in [-0.39, 0.29) is 17.2 Å². The van der Waals surface area contributed by atoms with Gasteiger partial charge in [0.1, 0.15) is 0 Å². The Morgan fingerprint density at radius 3 is 2.38 bits per heavy atom. The van der Waals surface area contributed by atoms with Crippen LogP contribution in [-0.2, 0) is 9.84 Å². The zero-order valence-corrected chi connectivity index (χ0v) is 9.75. The lowest BCUT2D eigenvalue weighted by molar-refractivity contribution is 0.195. The highest BCUT2D eigenvalue weighted by atomic mass is 35.5. The number of rotatable bonds is 4. The average Bonchev–Trinajstić information content (AvgIpc) is 2.17. The number of sulfone groups is 1. The molecule has 1 aromatic rings. The molecule has 0 saturated heterocycles. The van der Waals surface area contributed by atoms with Gasteiger partial charge in [-0.25, -0.2) is 13.2 Å². The van der Waals surface area contributed by atoms with Crippen molar-refractivity contribution in [1.82, 2.24) is 5.32 Å². The quantitative estimate of drug-likeness (QED) is 0.860. The Labute approximate surface area is 98.0 Å². The first kappa shape index (κ1) is 12.8. The third-order valence-corrected chi connectivity index (χ3v) is 3.80. The van der Waals surface area contributed by atoms with Gasteiger partial charge in [-0.1, -0.05) is 11.6 Å². The Kier molecular flexibility index (Phi) is 4.14. The predicted molar refractivity (Wildman–Crippen MR) is 59.5 cm³/mol. The minimum Gasteiger partial charge on any atom is -0.465 e. The van der Waals surface area contributed by atoms with Crippen LogP contribution in [0.4, 0.5) is 4.79 Å². The van der Waals surface area contributed by atoms with Crippen LogP contribution in [0.5, 0.6) is 0 Å². The number of carbonyl (C=O) groups is 1. The van der Waals surface area contributed by atoms with Crippen LogP contribution in [0.25, 0.3) is 0 Å². The van der Waals surface area contributed by atoms with E-state index in [1.807, 2.05) is 5.32 Å². The molecule has 0 saturated carbocycles. The van der Waals surface area contributed by atoms with Gasteiger partial charge in [-0.2, -0.15) is 0 Å². The maximum Gasteiger partial charge on any atom is 0.404 e. The number of hydrogen-bond acceptors (Lipinski definition) is 3. The molecule has 2 N–H and O–H groups in total. The second-order valence-corrected chi connectivity index (χ2v) is 5.55. The number of amides is 1. The normalized spacial score (nSPS) is 11.1. The Bertz CT molecular complexity index is 469. The van der Waals surface area contributed by atoms with Crippen LogP contribution in [-0.4, -0.2) is 31.9 Å². The molecular formula is C9H10ClNO4S. The lowest BCUT2D eigenvalue weighted by atomic mass is 10.4. The van der Waals surface area contributed by atoms with Crippen molar-refractivity contribution in [3.63, 3.8) is 0 Å².